The zero-order valence-corrected chi connectivity index (χ0v) is 19.1. The molecule has 1 N–H and O–H groups in total. The van der Waals surface area contributed by atoms with E-state index in [1.807, 2.05) is 18.4 Å². The molecule has 164 valence electrons. The van der Waals surface area contributed by atoms with Gasteiger partial charge >= 0.3 is 0 Å². The van der Waals surface area contributed by atoms with Crippen LogP contribution >= 0.6 is 11.6 Å². The first-order valence-electron chi connectivity index (χ1n) is 9.64. The van der Waals surface area contributed by atoms with Crippen molar-refractivity contribution < 1.29 is 13.2 Å². The lowest BCUT2D eigenvalue weighted by Gasteiger charge is -2.11. The predicted molar refractivity (Wildman–Crippen MR) is 122 cm³/mol. The van der Waals surface area contributed by atoms with Crippen molar-refractivity contribution in [1.29, 1.82) is 0 Å². The standard InChI is InChI=1S/C22H20ClN5O3S/c1-14-15(2)28(13-24-14)21-12-22(26-16(3)25-21)31-19-9-7-18(8-10-19)27-32(29,30)20-6-4-5-17(23)11-20/h4-13,27H,1-3H3. The number of rotatable bonds is 6. The Kier molecular flexibility index (Phi) is 5.86. The summed E-state index contributed by atoms with van der Waals surface area (Å²) in [7, 11) is -3.76. The first-order chi connectivity index (χ1) is 15.2. The third-order valence-corrected chi connectivity index (χ3v) is 6.35. The van der Waals surface area contributed by atoms with Crippen molar-refractivity contribution in [2.75, 3.05) is 4.72 Å². The molecule has 0 bridgehead atoms. The topological polar surface area (TPSA) is 99.0 Å². The summed E-state index contributed by atoms with van der Waals surface area (Å²) in [6, 6.07) is 14.3. The van der Waals surface area contributed by atoms with Gasteiger partial charge in [-0.15, -0.1) is 0 Å². The van der Waals surface area contributed by atoms with Gasteiger partial charge in [-0.3, -0.25) is 9.29 Å². The Morgan fingerprint density at radius 3 is 2.41 bits per heavy atom. The van der Waals surface area contributed by atoms with Gasteiger partial charge in [-0.2, -0.15) is 4.98 Å². The molecule has 0 saturated heterocycles. The van der Waals surface area contributed by atoms with Gasteiger partial charge in [0.05, 0.1) is 10.6 Å². The Balaban J connectivity index is 1.52. The summed E-state index contributed by atoms with van der Waals surface area (Å²) in [6.07, 6.45) is 1.71. The number of imidazole rings is 1. The molecule has 2 aromatic heterocycles. The van der Waals surface area contributed by atoms with Gasteiger partial charge in [-0.1, -0.05) is 17.7 Å². The van der Waals surface area contributed by atoms with Gasteiger partial charge < -0.3 is 4.74 Å². The van der Waals surface area contributed by atoms with Crippen molar-refractivity contribution in [3.8, 4) is 17.4 Å². The molecular formula is C22H20ClN5O3S. The van der Waals surface area contributed by atoms with Gasteiger partial charge in [-0.05, 0) is 63.2 Å². The van der Waals surface area contributed by atoms with Gasteiger partial charge in [0.1, 0.15) is 23.7 Å². The molecule has 0 fully saturated rings. The Hall–Kier alpha value is -3.43. The van der Waals surface area contributed by atoms with E-state index in [0.717, 1.165) is 11.4 Å². The van der Waals surface area contributed by atoms with Crippen molar-refractivity contribution in [2.45, 2.75) is 25.7 Å². The minimum atomic E-state index is -3.76. The highest BCUT2D eigenvalue weighted by Gasteiger charge is 2.15. The Morgan fingerprint density at radius 1 is 1.00 bits per heavy atom. The molecule has 0 aliphatic heterocycles. The maximum absolute atomic E-state index is 12.5. The maximum Gasteiger partial charge on any atom is 0.261 e. The molecule has 0 atom stereocenters. The molecule has 2 aromatic carbocycles. The molecule has 0 aliphatic rings. The molecule has 8 nitrogen and oxygen atoms in total. The Morgan fingerprint density at radius 2 is 1.75 bits per heavy atom. The van der Waals surface area contributed by atoms with Crippen LogP contribution in [0.15, 0.2) is 65.8 Å². The normalized spacial score (nSPS) is 11.4. The van der Waals surface area contributed by atoms with Crippen molar-refractivity contribution in [3.63, 3.8) is 0 Å². The molecule has 0 amide bonds. The molecule has 0 aliphatic carbocycles. The summed E-state index contributed by atoms with van der Waals surface area (Å²) >= 11 is 5.90. The minimum absolute atomic E-state index is 0.0827. The highest BCUT2D eigenvalue weighted by molar-refractivity contribution is 7.92. The number of hydrogen-bond donors (Lipinski definition) is 1. The average Bonchev–Trinajstić information content (AvgIpc) is 3.07. The fourth-order valence-corrected chi connectivity index (χ4v) is 4.35. The average molecular weight is 470 g/mol. The summed E-state index contributed by atoms with van der Waals surface area (Å²) in [6.45, 7) is 5.67. The number of anilines is 1. The van der Waals surface area contributed by atoms with Crippen LogP contribution in [0, 0.1) is 20.8 Å². The van der Waals surface area contributed by atoms with E-state index in [1.54, 1.807) is 55.7 Å². The smallest absolute Gasteiger partial charge is 0.261 e. The van der Waals surface area contributed by atoms with Crippen LogP contribution in [0.4, 0.5) is 5.69 Å². The van der Waals surface area contributed by atoms with Crippen LogP contribution < -0.4 is 9.46 Å². The molecule has 0 unspecified atom stereocenters. The number of benzene rings is 2. The number of hydrogen-bond acceptors (Lipinski definition) is 6. The van der Waals surface area contributed by atoms with E-state index in [9.17, 15) is 8.42 Å². The lowest BCUT2D eigenvalue weighted by molar-refractivity contribution is 0.459. The second kappa shape index (κ2) is 8.60. The number of nitrogens with zero attached hydrogens (tertiary/aromatic N) is 4. The molecule has 32 heavy (non-hydrogen) atoms. The van der Waals surface area contributed by atoms with Crippen LogP contribution in [0.2, 0.25) is 5.02 Å². The van der Waals surface area contributed by atoms with Crippen molar-refractivity contribution >= 4 is 27.3 Å². The van der Waals surface area contributed by atoms with Crippen LogP contribution in [0.25, 0.3) is 5.82 Å². The van der Waals surface area contributed by atoms with Crippen LogP contribution in [0.5, 0.6) is 11.6 Å². The molecule has 4 rings (SSSR count). The summed E-state index contributed by atoms with van der Waals surface area (Å²) in [4.78, 5) is 13.2. The van der Waals surface area contributed by atoms with E-state index < -0.39 is 10.0 Å². The van der Waals surface area contributed by atoms with Crippen molar-refractivity contribution in [3.05, 3.63) is 83.2 Å². The van der Waals surface area contributed by atoms with Crippen molar-refractivity contribution in [2.24, 2.45) is 0 Å². The minimum Gasteiger partial charge on any atom is -0.439 e. The molecular weight excluding hydrogens is 450 g/mol. The van der Waals surface area contributed by atoms with Crippen LogP contribution in [0.3, 0.4) is 0 Å². The summed E-state index contributed by atoms with van der Waals surface area (Å²) in [5.74, 6) is 2.06. The first-order valence-corrected chi connectivity index (χ1v) is 11.5. The SMILES string of the molecule is Cc1nc(Oc2ccc(NS(=O)(=O)c3cccc(Cl)c3)cc2)cc(-n2cnc(C)c2C)n1. The largest absolute Gasteiger partial charge is 0.439 e. The molecule has 0 saturated carbocycles. The predicted octanol–water partition coefficient (Wildman–Crippen LogP) is 4.83. The van der Waals surface area contributed by atoms with E-state index in [1.165, 1.54) is 12.1 Å². The highest BCUT2D eigenvalue weighted by atomic mass is 35.5. The molecule has 2 heterocycles. The fraction of sp³-hybridized carbons (Fsp3) is 0.136. The molecule has 0 radical (unpaired) electrons. The summed E-state index contributed by atoms with van der Waals surface area (Å²) in [5, 5.41) is 0.345. The quantitative estimate of drug-likeness (QED) is 0.434. The zero-order chi connectivity index (χ0) is 22.9. The Bertz CT molecular complexity index is 1390. The third-order valence-electron chi connectivity index (χ3n) is 4.73. The third kappa shape index (κ3) is 4.74. The lowest BCUT2D eigenvalue weighted by atomic mass is 10.3. The van der Waals surface area contributed by atoms with Gasteiger partial charge in [0.2, 0.25) is 5.88 Å². The number of ether oxygens (including phenoxy) is 1. The zero-order valence-electron chi connectivity index (χ0n) is 17.6. The van der Waals surface area contributed by atoms with Crippen LogP contribution in [-0.4, -0.2) is 27.9 Å². The van der Waals surface area contributed by atoms with E-state index in [2.05, 4.69) is 19.7 Å². The molecule has 4 aromatic rings. The van der Waals surface area contributed by atoms with Gasteiger partial charge in [-0.25, -0.2) is 18.4 Å². The van der Waals surface area contributed by atoms with Crippen molar-refractivity contribution in [1.82, 2.24) is 19.5 Å². The molecule has 0 spiro atoms. The van der Waals surface area contributed by atoms with Gasteiger partial charge in [0.25, 0.3) is 10.0 Å². The second-order valence-corrected chi connectivity index (χ2v) is 9.21. The first kappa shape index (κ1) is 21.8. The van der Waals surface area contributed by atoms with E-state index >= 15 is 0 Å². The second-order valence-electron chi connectivity index (χ2n) is 7.09. The fourth-order valence-electron chi connectivity index (χ4n) is 2.99. The van der Waals surface area contributed by atoms with Crippen LogP contribution in [0.1, 0.15) is 17.2 Å². The number of nitrogens with one attached hydrogen (secondary N) is 1. The number of aromatic nitrogens is 4. The van der Waals surface area contributed by atoms with Crippen LogP contribution in [-0.2, 0) is 10.0 Å². The van der Waals surface area contributed by atoms with E-state index in [-0.39, 0.29) is 4.90 Å². The van der Waals surface area contributed by atoms with Gasteiger partial charge in [0, 0.05) is 22.5 Å². The molecule has 10 heteroatoms. The van der Waals surface area contributed by atoms with E-state index in [4.69, 9.17) is 16.3 Å². The summed E-state index contributed by atoms with van der Waals surface area (Å²) < 4.78 is 35.3. The number of aryl methyl sites for hydroxylation is 2. The highest BCUT2D eigenvalue weighted by Crippen LogP contribution is 2.25. The monoisotopic (exact) mass is 469 g/mol. The maximum atomic E-state index is 12.5. The summed E-state index contributed by atoms with van der Waals surface area (Å²) in [5.41, 5.74) is 2.28. The van der Waals surface area contributed by atoms with Gasteiger partial charge in [0.15, 0.2) is 0 Å². The number of halogens is 1. The Labute approximate surface area is 191 Å². The number of sulfonamides is 1. The lowest BCUT2D eigenvalue weighted by Crippen LogP contribution is -2.12. The van der Waals surface area contributed by atoms with E-state index in [0.29, 0.717) is 34.0 Å².